The van der Waals surface area contributed by atoms with Gasteiger partial charge in [-0.25, -0.2) is 0 Å². The summed E-state index contributed by atoms with van der Waals surface area (Å²) in [6.07, 6.45) is 4.47. The van der Waals surface area contributed by atoms with Gasteiger partial charge in [-0.2, -0.15) is 0 Å². The minimum absolute atomic E-state index is 0.541. The third-order valence-corrected chi connectivity index (χ3v) is 6.20. The van der Waals surface area contributed by atoms with E-state index in [1.165, 1.54) is 47.3 Å². The minimum atomic E-state index is 0.541. The van der Waals surface area contributed by atoms with E-state index in [-0.39, 0.29) is 0 Å². The fourth-order valence-electron chi connectivity index (χ4n) is 4.09. The summed E-state index contributed by atoms with van der Waals surface area (Å²) in [6, 6.07) is 11.1. The van der Waals surface area contributed by atoms with E-state index in [0.717, 1.165) is 13.2 Å². The zero-order chi connectivity index (χ0) is 14.3. The third kappa shape index (κ3) is 2.63. The maximum absolute atomic E-state index is 5.74. The lowest BCUT2D eigenvalue weighted by atomic mass is 9.66. The topological polar surface area (TPSA) is 12.5 Å². The quantitative estimate of drug-likeness (QED) is 0.835. The molecule has 0 bridgehead atoms. The average molecular weight is 301 g/mol. The number of rotatable bonds is 4. The highest BCUT2D eigenvalue weighted by molar-refractivity contribution is 7.19. The first-order chi connectivity index (χ1) is 10.3. The molecule has 2 aliphatic rings. The number of benzene rings is 1. The van der Waals surface area contributed by atoms with Gasteiger partial charge in [-0.15, -0.1) is 11.3 Å². The van der Waals surface area contributed by atoms with Gasteiger partial charge in [0, 0.05) is 29.3 Å². The molecule has 2 heterocycles. The summed E-state index contributed by atoms with van der Waals surface area (Å²) in [5.41, 5.74) is 0.580. The van der Waals surface area contributed by atoms with E-state index in [4.69, 9.17) is 4.74 Å². The first kappa shape index (κ1) is 13.7. The Labute approximate surface area is 130 Å². The van der Waals surface area contributed by atoms with Crippen molar-refractivity contribution in [3.63, 3.8) is 0 Å². The summed E-state index contributed by atoms with van der Waals surface area (Å²) in [7, 11) is 0. The highest BCUT2D eigenvalue weighted by Crippen LogP contribution is 2.49. The van der Waals surface area contributed by atoms with Crippen LogP contribution in [0.2, 0.25) is 0 Å². The van der Waals surface area contributed by atoms with Crippen molar-refractivity contribution in [3.8, 4) is 0 Å². The average Bonchev–Trinajstić information content (AvgIpc) is 3.02. The van der Waals surface area contributed by atoms with Gasteiger partial charge in [0.1, 0.15) is 0 Å². The zero-order valence-corrected chi connectivity index (χ0v) is 13.5. The molecule has 1 aromatic heterocycles. The minimum Gasteiger partial charge on any atom is -0.378 e. The highest BCUT2D eigenvalue weighted by Gasteiger charge is 2.48. The molecule has 1 aromatic carbocycles. The Kier molecular flexibility index (Phi) is 3.52. The predicted molar refractivity (Wildman–Crippen MR) is 88.8 cm³/mol. The van der Waals surface area contributed by atoms with Crippen LogP contribution in [-0.2, 0) is 11.3 Å². The monoisotopic (exact) mass is 301 g/mol. The molecule has 0 atom stereocenters. The predicted octanol–water partition coefficient (Wildman–Crippen LogP) is 4.29. The molecular weight excluding hydrogens is 278 g/mol. The lowest BCUT2D eigenvalue weighted by molar-refractivity contribution is -0.0718. The normalized spacial score (nSPS) is 29.3. The van der Waals surface area contributed by atoms with Crippen molar-refractivity contribution in [2.75, 3.05) is 19.7 Å². The SMILES string of the molecule is CCOC1CC2(CCN(Cc3cc4ccccc4s3)C2)C1. The summed E-state index contributed by atoms with van der Waals surface area (Å²) < 4.78 is 7.16. The van der Waals surface area contributed by atoms with Crippen LogP contribution in [0.25, 0.3) is 10.1 Å². The van der Waals surface area contributed by atoms with Crippen molar-refractivity contribution >= 4 is 21.4 Å². The Morgan fingerprint density at radius 2 is 2.19 bits per heavy atom. The highest BCUT2D eigenvalue weighted by atomic mass is 32.1. The Bertz CT molecular complexity index is 596. The van der Waals surface area contributed by atoms with Gasteiger partial charge in [0.05, 0.1) is 6.10 Å². The standard InChI is InChI=1S/C18H23NOS/c1-2-20-15-10-18(11-15)7-8-19(13-18)12-16-9-14-5-3-4-6-17(14)21-16/h3-6,9,15H,2,7-8,10-13H2,1H3. The molecule has 2 nitrogen and oxygen atoms in total. The molecule has 3 heteroatoms. The number of hydrogen-bond donors (Lipinski definition) is 0. The zero-order valence-electron chi connectivity index (χ0n) is 12.7. The molecule has 1 spiro atoms. The molecule has 0 N–H and O–H groups in total. The molecule has 1 saturated heterocycles. The third-order valence-electron chi connectivity index (χ3n) is 5.10. The first-order valence-corrected chi connectivity index (χ1v) is 8.89. The first-order valence-electron chi connectivity index (χ1n) is 8.08. The summed E-state index contributed by atoms with van der Waals surface area (Å²) in [5.74, 6) is 0. The van der Waals surface area contributed by atoms with Crippen LogP contribution in [0, 0.1) is 5.41 Å². The molecular formula is C18H23NOS. The lowest BCUT2D eigenvalue weighted by Crippen LogP contribution is -2.44. The second kappa shape index (κ2) is 5.38. The van der Waals surface area contributed by atoms with E-state index in [9.17, 15) is 0 Å². The second-order valence-electron chi connectivity index (χ2n) is 6.70. The molecule has 112 valence electrons. The molecule has 1 aliphatic heterocycles. The van der Waals surface area contributed by atoms with E-state index >= 15 is 0 Å². The van der Waals surface area contributed by atoms with E-state index in [0.29, 0.717) is 11.5 Å². The number of thiophene rings is 1. The van der Waals surface area contributed by atoms with Gasteiger partial charge in [-0.05, 0) is 55.7 Å². The lowest BCUT2D eigenvalue weighted by Gasteiger charge is -2.44. The van der Waals surface area contributed by atoms with Crippen LogP contribution in [0.4, 0.5) is 0 Å². The summed E-state index contributed by atoms with van der Waals surface area (Å²) in [5, 5.41) is 1.39. The van der Waals surface area contributed by atoms with E-state index < -0.39 is 0 Å². The van der Waals surface area contributed by atoms with E-state index in [1.54, 1.807) is 0 Å². The fourth-order valence-corrected chi connectivity index (χ4v) is 5.20. The molecule has 0 radical (unpaired) electrons. The number of hydrogen-bond acceptors (Lipinski definition) is 3. The summed E-state index contributed by atoms with van der Waals surface area (Å²) >= 11 is 1.95. The van der Waals surface area contributed by atoms with Gasteiger partial charge in [-0.1, -0.05) is 18.2 Å². The van der Waals surface area contributed by atoms with Crippen molar-refractivity contribution in [2.45, 2.75) is 38.8 Å². The van der Waals surface area contributed by atoms with Crippen LogP contribution < -0.4 is 0 Å². The molecule has 1 saturated carbocycles. The molecule has 0 unspecified atom stereocenters. The van der Waals surface area contributed by atoms with Crippen molar-refractivity contribution in [2.24, 2.45) is 5.41 Å². The van der Waals surface area contributed by atoms with Gasteiger partial charge in [0.15, 0.2) is 0 Å². The Hall–Kier alpha value is -0.900. The largest absolute Gasteiger partial charge is 0.378 e. The van der Waals surface area contributed by atoms with Gasteiger partial charge in [-0.3, -0.25) is 4.90 Å². The molecule has 21 heavy (non-hydrogen) atoms. The van der Waals surface area contributed by atoms with Crippen LogP contribution >= 0.6 is 11.3 Å². The number of ether oxygens (including phenoxy) is 1. The molecule has 0 amide bonds. The van der Waals surface area contributed by atoms with Gasteiger partial charge >= 0.3 is 0 Å². The molecule has 2 fully saturated rings. The fraction of sp³-hybridized carbons (Fsp3) is 0.556. The van der Waals surface area contributed by atoms with E-state index in [1.807, 2.05) is 11.3 Å². The van der Waals surface area contributed by atoms with Gasteiger partial charge in [0.25, 0.3) is 0 Å². The number of likely N-dealkylation sites (tertiary alicyclic amines) is 1. The van der Waals surface area contributed by atoms with Crippen molar-refractivity contribution in [3.05, 3.63) is 35.2 Å². The Morgan fingerprint density at radius 3 is 3.00 bits per heavy atom. The van der Waals surface area contributed by atoms with Crippen molar-refractivity contribution in [1.29, 1.82) is 0 Å². The van der Waals surface area contributed by atoms with Crippen LogP contribution in [0.5, 0.6) is 0 Å². The molecule has 2 aromatic rings. The Morgan fingerprint density at radius 1 is 1.33 bits per heavy atom. The van der Waals surface area contributed by atoms with Crippen LogP contribution in [-0.4, -0.2) is 30.7 Å². The smallest absolute Gasteiger partial charge is 0.0586 e. The van der Waals surface area contributed by atoms with Gasteiger partial charge in [0.2, 0.25) is 0 Å². The van der Waals surface area contributed by atoms with Crippen LogP contribution in [0.3, 0.4) is 0 Å². The summed E-state index contributed by atoms with van der Waals surface area (Å²) in [6.45, 7) is 6.62. The molecule has 4 rings (SSSR count). The second-order valence-corrected chi connectivity index (χ2v) is 7.87. The van der Waals surface area contributed by atoms with Crippen molar-refractivity contribution in [1.82, 2.24) is 4.90 Å². The van der Waals surface area contributed by atoms with Crippen LogP contribution in [0.15, 0.2) is 30.3 Å². The Balaban J connectivity index is 1.38. The van der Waals surface area contributed by atoms with E-state index in [2.05, 4.69) is 42.2 Å². The molecule has 1 aliphatic carbocycles. The van der Waals surface area contributed by atoms with Crippen LogP contribution in [0.1, 0.15) is 31.1 Å². The maximum Gasteiger partial charge on any atom is 0.0586 e. The number of nitrogens with zero attached hydrogens (tertiary/aromatic N) is 1. The maximum atomic E-state index is 5.74. The van der Waals surface area contributed by atoms with Crippen molar-refractivity contribution < 1.29 is 4.74 Å². The number of fused-ring (bicyclic) bond motifs is 1. The summed E-state index contributed by atoms with van der Waals surface area (Å²) in [4.78, 5) is 4.15. The van der Waals surface area contributed by atoms with Gasteiger partial charge < -0.3 is 4.74 Å².